The fourth-order valence-electron chi connectivity index (χ4n) is 2.44. The molecule has 0 saturated heterocycles. The third-order valence-electron chi connectivity index (χ3n) is 3.99. The van der Waals surface area contributed by atoms with E-state index in [0.29, 0.717) is 11.3 Å². The molecule has 0 amide bonds. The molecule has 0 unspecified atom stereocenters. The van der Waals surface area contributed by atoms with Gasteiger partial charge in [-0.1, -0.05) is 29.8 Å². The van der Waals surface area contributed by atoms with Gasteiger partial charge in [0.1, 0.15) is 11.8 Å². The second-order valence-electron chi connectivity index (χ2n) is 5.74. The maximum absolute atomic E-state index is 12.7. The fraction of sp³-hybridized carbons (Fsp3) is 0.278. The number of aliphatic carboxylic acids is 1. The summed E-state index contributed by atoms with van der Waals surface area (Å²) in [5.74, 6) is -0.619. The molecule has 0 bridgehead atoms. The van der Waals surface area contributed by atoms with Gasteiger partial charge >= 0.3 is 5.97 Å². The van der Waals surface area contributed by atoms with Crippen LogP contribution >= 0.6 is 0 Å². The zero-order valence-corrected chi connectivity index (χ0v) is 15.2. The predicted octanol–water partition coefficient (Wildman–Crippen LogP) is 2.32. The summed E-state index contributed by atoms with van der Waals surface area (Å²) in [6.45, 7) is 1.85. The molecular formula is C18H21NO5S. The molecule has 0 aromatic heterocycles. The number of sulfonamides is 1. The molecule has 0 radical (unpaired) electrons. The Morgan fingerprint density at radius 2 is 1.84 bits per heavy atom. The van der Waals surface area contributed by atoms with E-state index in [1.54, 1.807) is 36.4 Å². The van der Waals surface area contributed by atoms with Crippen molar-refractivity contribution in [2.75, 3.05) is 14.2 Å². The number of aryl methyl sites for hydroxylation is 1. The first-order chi connectivity index (χ1) is 11.8. The molecule has 0 spiro atoms. The van der Waals surface area contributed by atoms with Crippen molar-refractivity contribution < 1.29 is 23.1 Å². The Balaban J connectivity index is 2.32. The molecule has 0 aliphatic rings. The molecule has 6 nitrogen and oxygen atoms in total. The highest BCUT2D eigenvalue weighted by Crippen LogP contribution is 2.21. The number of ether oxygens (including phenoxy) is 1. The van der Waals surface area contributed by atoms with Crippen LogP contribution in [0.2, 0.25) is 0 Å². The maximum atomic E-state index is 12.7. The molecular weight excluding hydrogens is 342 g/mol. The number of rotatable bonds is 7. The van der Waals surface area contributed by atoms with Crippen LogP contribution in [-0.4, -0.2) is 44.0 Å². The largest absolute Gasteiger partial charge is 0.497 e. The number of carboxylic acids is 1. The van der Waals surface area contributed by atoms with Crippen molar-refractivity contribution in [3.8, 4) is 5.75 Å². The van der Waals surface area contributed by atoms with E-state index in [4.69, 9.17) is 4.74 Å². The molecule has 1 atom stereocenters. The minimum atomic E-state index is -3.91. The van der Waals surface area contributed by atoms with E-state index in [0.717, 1.165) is 9.87 Å². The number of carboxylic acid groups (broad SMARTS) is 1. The second-order valence-corrected chi connectivity index (χ2v) is 7.74. The van der Waals surface area contributed by atoms with Crippen molar-refractivity contribution in [1.29, 1.82) is 0 Å². The summed E-state index contributed by atoms with van der Waals surface area (Å²) >= 11 is 0. The molecule has 134 valence electrons. The molecule has 25 heavy (non-hydrogen) atoms. The lowest BCUT2D eigenvalue weighted by molar-refractivity contribution is -0.141. The predicted molar refractivity (Wildman–Crippen MR) is 94.2 cm³/mol. The van der Waals surface area contributed by atoms with Gasteiger partial charge in [0.15, 0.2) is 0 Å². The third-order valence-corrected chi connectivity index (χ3v) is 5.87. The van der Waals surface area contributed by atoms with Gasteiger partial charge in [-0.15, -0.1) is 0 Å². The van der Waals surface area contributed by atoms with E-state index in [1.165, 1.54) is 26.3 Å². The number of likely N-dealkylation sites (N-methyl/N-ethyl adjacent to an activating group) is 1. The minimum absolute atomic E-state index is 0.0358. The van der Waals surface area contributed by atoms with Crippen LogP contribution < -0.4 is 4.74 Å². The van der Waals surface area contributed by atoms with Gasteiger partial charge < -0.3 is 9.84 Å². The monoisotopic (exact) mass is 363 g/mol. The molecule has 2 aromatic carbocycles. The van der Waals surface area contributed by atoms with Crippen LogP contribution in [0.1, 0.15) is 11.1 Å². The van der Waals surface area contributed by atoms with Crippen molar-refractivity contribution in [3.63, 3.8) is 0 Å². The van der Waals surface area contributed by atoms with Crippen LogP contribution in [-0.2, 0) is 21.2 Å². The van der Waals surface area contributed by atoms with Gasteiger partial charge in [-0.25, -0.2) is 8.42 Å². The smallest absolute Gasteiger partial charge is 0.322 e. The average Bonchev–Trinajstić information content (AvgIpc) is 2.59. The van der Waals surface area contributed by atoms with Gasteiger partial charge in [-0.05, 0) is 43.2 Å². The van der Waals surface area contributed by atoms with Crippen molar-refractivity contribution in [3.05, 3.63) is 59.7 Å². The first-order valence-electron chi connectivity index (χ1n) is 7.66. The van der Waals surface area contributed by atoms with Crippen LogP contribution in [0.4, 0.5) is 0 Å². The number of hydrogen-bond donors (Lipinski definition) is 1. The highest BCUT2D eigenvalue weighted by molar-refractivity contribution is 7.89. The van der Waals surface area contributed by atoms with E-state index in [9.17, 15) is 18.3 Å². The van der Waals surface area contributed by atoms with Crippen LogP contribution in [0.25, 0.3) is 0 Å². The zero-order chi connectivity index (χ0) is 18.6. The van der Waals surface area contributed by atoms with Crippen LogP contribution in [0.3, 0.4) is 0 Å². The number of benzene rings is 2. The Kier molecular flexibility index (Phi) is 5.81. The molecule has 2 rings (SSSR count). The Morgan fingerprint density at radius 1 is 1.20 bits per heavy atom. The Labute approximate surface area is 147 Å². The summed E-state index contributed by atoms with van der Waals surface area (Å²) in [6, 6.07) is 12.0. The standard InChI is InChI=1S/C18H21NO5S/c1-13-7-9-16(10-8-13)25(22,23)19(2)17(18(20)21)12-14-5-4-6-15(11-14)24-3/h4-11,17H,12H2,1-3H3,(H,20,21)/t17-/m1/s1. The maximum Gasteiger partial charge on any atom is 0.322 e. The normalized spacial score (nSPS) is 12.8. The van der Waals surface area contributed by atoms with E-state index in [1.807, 2.05) is 6.92 Å². The SMILES string of the molecule is COc1cccc(C[C@H](C(=O)O)N(C)S(=O)(=O)c2ccc(C)cc2)c1. The highest BCUT2D eigenvalue weighted by atomic mass is 32.2. The lowest BCUT2D eigenvalue weighted by atomic mass is 10.1. The number of methoxy groups -OCH3 is 1. The topological polar surface area (TPSA) is 83.9 Å². The fourth-order valence-corrected chi connectivity index (χ4v) is 3.75. The Morgan fingerprint density at radius 3 is 2.40 bits per heavy atom. The molecule has 2 aromatic rings. The average molecular weight is 363 g/mol. The van der Waals surface area contributed by atoms with Crippen molar-refractivity contribution in [2.45, 2.75) is 24.3 Å². The summed E-state index contributed by atoms with van der Waals surface area (Å²) in [7, 11) is -1.11. The van der Waals surface area contributed by atoms with Gasteiger partial charge in [0.2, 0.25) is 10.0 Å². The van der Waals surface area contributed by atoms with Gasteiger partial charge in [-0.2, -0.15) is 4.31 Å². The lowest BCUT2D eigenvalue weighted by Crippen LogP contribution is -2.43. The van der Waals surface area contributed by atoms with Gasteiger partial charge in [0, 0.05) is 7.05 Å². The summed E-state index contributed by atoms with van der Waals surface area (Å²) in [4.78, 5) is 11.8. The van der Waals surface area contributed by atoms with Crippen molar-refractivity contribution in [1.82, 2.24) is 4.31 Å². The van der Waals surface area contributed by atoms with E-state index in [-0.39, 0.29) is 11.3 Å². The Hall–Kier alpha value is -2.38. The van der Waals surface area contributed by atoms with E-state index in [2.05, 4.69) is 0 Å². The third kappa shape index (κ3) is 4.37. The summed E-state index contributed by atoms with van der Waals surface area (Å²) in [5, 5.41) is 9.55. The van der Waals surface area contributed by atoms with Crippen LogP contribution in [0, 0.1) is 6.92 Å². The lowest BCUT2D eigenvalue weighted by Gasteiger charge is -2.24. The minimum Gasteiger partial charge on any atom is -0.497 e. The number of carbonyl (C=O) groups is 1. The van der Waals surface area contributed by atoms with E-state index < -0.39 is 22.0 Å². The quantitative estimate of drug-likeness (QED) is 0.816. The second kappa shape index (κ2) is 7.67. The van der Waals surface area contributed by atoms with Crippen molar-refractivity contribution in [2.24, 2.45) is 0 Å². The Bertz CT molecular complexity index is 846. The van der Waals surface area contributed by atoms with Gasteiger partial charge in [0.05, 0.1) is 12.0 Å². The number of hydrogen-bond acceptors (Lipinski definition) is 4. The summed E-state index contributed by atoms with van der Waals surface area (Å²) in [6.07, 6.45) is 0.0358. The summed E-state index contributed by atoms with van der Waals surface area (Å²) in [5.41, 5.74) is 1.60. The summed E-state index contributed by atoms with van der Waals surface area (Å²) < 4.78 is 31.5. The van der Waals surface area contributed by atoms with Crippen LogP contribution in [0.5, 0.6) is 5.75 Å². The van der Waals surface area contributed by atoms with Crippen molar-refractivity contribution >= 4 is 16.0 Å². The van der Waals surface area contributed by atoms with Crippen LogP contribution in [0.15, 0.2) is 53.4 Å². The number of nitrogens with zero attached hydrogens (tertiary/aromatic N) is 1. The zero-order valence-electron chi connectivity index (χ0n) is 14.3. The van der Waals surface area contributed by atoms with E-state index >= 15 is 0 Å². The molecule has 0 heterocycles. The highest BCUT2D eigenvalue weighted by Gasteiger charge is 2.33. The van der Waals surface area contributed by atoms with Gasteiger partial charge in [-0.3, -0.25) is 4.79 Å². The molecule has 0 saturated carbocycles. The molecule has 0 aliphatic heterocycles. The molecule has 0 fully saturated rings. The molecule has 1 N–H and O–H groups in total. The first-order valence-corrected chi connectivity index (χ1v) is 9.10. The molecule has 7 heteroatoms. The molecule has 0 aliphatic carbocycles. The van der Waals surface area contributed by atoms with Gasteiger partial charge in [0.25, 0.3) is 0 Å². The first kappa shape index (κ1) is 19.0.